The van der Waals surface area contributed by atoms with E-state index in [-0.39, 0.29) is 5.56 Å². The van der Waals surface area contributed by atoms with E-state index in [0.717, 1.165) is 23.5 Å². The number of methoxy groups -OCH3 is 1. The number of nitriles is 1. The Morgan fingerprint density at radius 1 is 1.43 bits per heavy atom. The molecule has 1 aromatic heterocycles. The van der Waals surface area contributed by atoms with Gasteiger partial charge >= 0.3 is 0 Å². The van der Waals surface area contributed by atoms with Crippen molar-refractivity contribution in [1.82, 2.24) is 5.32 Å². The van der Waals surface area contributed by atoms with Crippen molar-refractivity contribution < 1.29 is 18.3 Å². The summed E-state index contributed by atoms with van der Waals surface area (Å²) in [5.74, 6) is -1.64. The van der Waals surface area contributed by atoms with Crippen LogP contribution in [0.1, 0.15) is 21.3 Å². The molecule has 21 heavy (non-hydrogen) atoms. The highest BCUT2D eigenvalue weighted by molar-refractivity contribution is 7.12. The number of hydrogen-bond acceptors (Lipinski definition) is 4. The van der Waals surface area contributed by atoms with Crippen LogP contribution in [-0.2, 0) is 0 Å². The molecule has 7 heteroatoms. The van der Waals surface area contributed by atoms with Gasteiger partial charge in [-0.1, -0.05) is 6.07 Å². The second kappa shape index (κ2) is 6.33. The molecule has 1 heterocycles. The van der Waals surface area contributed by atoms with Crippen LogP contribution in [-0.4, -0.2) is 13.0 Å². The second-order valence-corrected chi connectivity index (χ2v) is 4.96. The molecule has 0 saturated carbocycles. The lowest BCUT2D eigenvalue weighted by molar-refractivity contribution is 0.0948. The normalized spacial score (nSPS) is 11.5. The summed E-state index contributed by atoms with van der Waals surface area (Å²) in [6, 6.07) is 4.92. The van der Waals surface area contributed by atoms with Crippen LogP contribution in [0.5, 0.6) is 5.75 Å². The van der Waals surface area contributed by atoms with Crippen LogP contribution in [0.4, 0.5) is 8.78 Å². The molecule has 1 atom stereocenters. The Morgan fingerprint density at radius 3 is 2.76 bits per heavy atom. The van der Waals surface area contributed by atoms with Gasteiger partial charge < -0.3 is 10.1 Å². The number of benzene rings is 1. The first-order valence-electron chi connectivity index (χ1n) is 5.83. The van der Waals surface area contributed by atoms with Gasteiger partial charge in [-0.3, -0.25) is 4.79 Å². The molecule has 0 aliphatic heterocycles. The predicted octanol–water partition coefficient (Wildman–Crippen LogP) is 3.03. The molecule has 4 nitrogen and oxygen atoms in total. The van der Waals surface area contributed by atoms with Gasteiger partial charge in [0.1, 0.15) is 23.4 Å². The van der Waals surface area contributed by atoms with Crippen molar-refractivity contribution in [2.45, 2.75) is 6.04 Å². The summed E-state index contributed by atoms with van der Waals surface area (Å²) < 4.78 is 31.5. The van der Waals surface area contributed by atoms with E-state index in [4.69, 9.17) is 10.00 Å². The standard InChI is InChI=1S/C14H10F2N2O2S/c1-20-9-5-13(21-7-9)14(19)18-12(6-17)10-3-2-8(15)4-11(10)16/h2-5,7,12H,1H3,(H,18,19). The minimum atomic E-state index is -1.20. The fourth-order valence-electron chi connectivity index (χ4n) is 1.66. The van der Waals surface area contributed by atoms with Crippen LogP contribution < -0.4 is 10.1 Å². The summed E-state index contributed by atoms with van der Waals surface area (Å²) in [7, 11) is 1.47. The average molecular weight is 308 g/mol. The Labute approximate surface area is 123 Å². The first kappa shape index (κ1) is 14.9. The van der Waals surface area contributed by atoms with Gasteiger partial charge in [0.2, 0.25) is 0 Å². The van der Waals surface area contributed by atoms with Crippen molar-refractivity contribution in [3.05, 3.63) is 51.7 Å². The molecule has 1 aromatic carbocycles. The molecular formula is C14H10F2N2O2S. The van der Waals surface area contributed by atoms with E-state index in [1.807, 2.05) is 0 Å². The number of halogens is 2. The van der Waals surface area contributed by atoms with E-state index in [1.165, 1.54) is 13.2 Å². The molecule has 1 N–H and O–H groups in total. The van der Waals surface area contributed by atoms with E-state index >= 15 is 0 Å². The molecule has 1 amide bonds. The molecule has 108 valence electrons. The van der Waals surface area contributed by atoms with Crippen molar-refractivity contribution in [3.8, 4) is 11.8 Å². The van der Waals surface area contributed by atoms with Crippen LogP contribution >= 0.6 is 11.3 Å². The number of nitrogens with zero attached hydrogens (tertiary/aromatic N) is 1. The van der Waals surface area contributed by atoms with Crippen molar-refractivity contribution in [2.24, 2.45) is 0 Å². The van der Waals surface area contributed by atoms with Crippen LogP contribution in [0.2, 0.25) is 0 Å². The van der Waals surface area contributed by atoms with E-state index in [0.29, 0.717) is 16.7 Å². The Balaban J connectivity index is 2.19. The Morgan fingerprint density at radius 2 is 2.19 bits per heavy atom. The van der Waals surface area contributed by atoms with Gasteiger partial charge in [0.15, 0.2) is 0 Å². The maximum atomic E-state index is 13.6. The molecule has 1 unspecified atom stereocenters. The molecule has 2 rings (SSSR count). The smallest absolute Gasteiger partial charge is 0.262 e. The molecule has 0 aliphatic rings. The van der Waals surface area contributed by atoms with Crippen molar-refractivity contribution in [3.63, 3.8) is 0 Å². The fraction of sp³-hybridized carbons (Fsp3) is 0.143. The molecule has 2 aromatic rings. The number of rotatable bonds is 4. The van der Waals surface area contributed by atoms with Gasteiger partial charge in [-0.15, -0.1) is 11.3 Å². The van der Waals surface area contributed by atoms with Gasteiger partial charge in [-0.05, 0) is 6.07 Å². The molecule has 0 bridgehead atoms. The van der Waals surface area contributed by atoms with E-state index in [9.17, 15) is 13.6 Å². The summed E-state index contributed by atoms with van der Waals surface area (Å²) in [5.41, 5.74) is -0.0872. The van der Waals surface area contributed by atoms with E-state index < -0.39 is 23.6 Å². The monoisotopic (exact) mass is 308 g/mol. The first-order valence-corrected chi connectivity index (χ1v) is 6.71. The zero-order valence-electron chi connectivity index (χ0n) is 10.9. The largest absolute Gasteiger partial charge is 0.496 e. The number of hydrogen-bond donors (Lipinski definition) is 1. The molecule has 0 saturated heterocycles. The zero-order valence-corrected chi connectivity index (χ0v) is 11.7. The van der Waals surface area contributed by atoms with Gasteiger partial charge in [0.25, 0.3) is 5.91 Å². The van der Waals surface area contributed by atoms with Gasteiger partial charge in [-0.2, -0.15) is 5.26 Å². The summed E-state index contributed by atoms with van der Waals surface area (Å²) in [6.45, 7) is 0. The highest BCUT2D eigenvalue weighted by atomic mass is 32.1. The fourth-order valence-corrected chi connectivity index (χ4v) is 2.42. The summed E-state index contributed by atoms with van der Waals surface area (Å²) in [4.78, 5) is 12.3. The topological polar surface area (TPSA) is 62.1 Å². The van der Waals surface area contributed by atoms with Gasteiger partial charge in [0.05, 0.1) is 18.1 Å². The third-order valence-corrected chi connectivity index (χ3v) is 3.62. The maximum Gasteiger partial charge on any atom is 0.262 e. The highest BCUT2D eigenvalue weighted by Crippen LogP contribution is 2.23. The van der Waals surface area contributed by atoms with Crippen molar-refractivity contribution in [2.75, 3.05) is 7.11 Å². The van der Waals surface area contributed by atoms with Crippen LogP contribution in [0.25, 0.3) is 0 Å². The van der Waals surface area contributed by atoms with Gasteiger partial charge in [-0.25, -0.2) is 8.78 Å². The van der Waals surface area contributed by atoms with E-state index in [2.05, 4.69) is 5.32 Å². The average Bonchev–Trinajstić information content (AvgIpc) is 2.94. The summed E-state index contributed by atoms with van der Waals surface area (Å²) in [6.07, 6.45) is 0. The van der Waals surface area contributed by atoms with Crippen molar-refractivity contribution >= 4 is 17.2 Å². The van der Waals surface area contributed by atoms with Gasteiger partial charge in [0, 0.05) is 23.1 Å². The lowest BCUT2D eigenvalue weighted by Gasteiger charge is -2.12. The second-order valence-electron chi connectivity index (χ2n) is 4.05. The van der Waals surface area contributed by atoms with Crippen LogP contribution in [0.15, 0.2) is 29.6 Å². The van der Waals surface area contributed by atoms with Crippen LogP contribution in [0, 0.1) is 23.0 Å². The number of carbonyl (C=O) groups excluding carboxylic acids is 1. The molecule has 0 spiro atoms. The molecule has 0 fully saturated rings. The number of amides is 1. The Hall–Kier alpha value is -2.46. The quantitative estimate of drug-likeness (QED) is 0.944. The number of thiophene rings is 1. The predicted molar refractivity (Wildman–Crippen MR) is 73.0 cm³/mol. The number of ether oxygens (including phenoxy) is 1. The maximum absolute atomic E-state index is 13.6. The minimum absolute atomic E-state index is 0.0872. The lowest BCUT2D eigenvalue weighted by atomic mass is 10.1. The third-order valence-electron chi connectivity index (χ3n) is 2.71. The Kier molecular flexibility index (Phi) is 4.50. The molecule has 0 aliphatic carbocycles. The summed E-state index contributed by atoms with van der Waals surface area (Å²) in [5, 5.41) is 13.1. The minimum Gasteiger partial charge on any atom is -0.496 e. The SMILES string of the molecule is COc1csc(C(=O)NC(C#N)c2ccc(F)cc2F)c1. The first-order chi connectivity index (χ1) is 10.0. The number of nitrogens with one attached hydrogen (secondary N) is 1. The summed E-state index contributed by atoms with van der Waals surface area (Å²) >= 11 is 1.14. The number of carbonyl (C=O) groups is 1. The van der Waals surface area contributed by atoms with Crippen molar-refractivity contribution in [1.29, 1.82) is 5.26 Å². The highest BCUT2D eigenvalue weighted by Gasteiger charge is 2.20. The third kappa shape index (κ3) is 3.35. The zero-order chi connectivity index (χ0) is 15.4. The van der Waals surface area contributed by atoms with E-state index in [1.54, 1.807) is 11.4 Å². The molecular weight excluding hydrogens is 298 g/mol. The Bertz CT molecular complexity index is 709. The van der Waals surface area contributed by atoms with Crippen LogP contribution in [0.3, 0.4) is 0 Å². The lowest BCUT2D eigenvalue weighted by Crippen LogP contribution is -2.27. The molecule has 0 radical (unpaired) electrons.